The van der Waals surface area contributed by atoms with Gasteiger partial charge in [-0.3, -0.25) is 0 Å². The van der Waals surface area contributed by atoms with E-state index in [-0.39, 0.29) is 0 Å². The van der Waals surface area contributed by atoms with Gasteiger partial charge in [0, 0.05) is 0 Å². The van der Waals surface area contributed by atoms with E-state index in [0.717, 1.165) is 12.0 Å². The van der Waals surface area contributed by atoms with E-state index in [1.54, 1.807) is 6.92 Å². The Labute approximate surface area is 78.8 Å². The van der Waals surface area contributed by atoms with E-state index in [4.69, 9.17) is 0 Å². The lowest BCUT2D eigenvalue weighted by atomic mass is 10.0. The highest BCUT2D eigenvalue weighted by molar-refractivity contribution is 5.25. The summed E-state index contributed by atoms with van der Waals surface area (Å²) in [6.45, 7) is 3.65. The van der Waals surface area contributed by atoms with Gasteiger partial charge in [-0.2, -0.15) is 0 Å². The van der Waals surface area contributed by atoms with E-state index in [9.17, 15) is 10.2 Å². The zero-order chi connectivity index (χ0) is 9.84. The first-order valence-corrected chi connectivity index (χ1v) is 4.60. The molecule has 0 aliphatic heterocycles. The average molecular weight is 180 g/mol. The summed E-state index contributed by atoms with van der Waals surface area (Å²) < 4.78 is 0. The van der Waals surface area contributed by atoms with Gasteiger partial charge in [0.15, 0.2) is 0 Å². The first kappa shape index (κ1) is 10.2. The fourth-order valence-electron chi connectivity index (χ4n) is 1.28. The van der Waals surface area contributed by atoms with E-state index in [0.29, 0.717) is 0 Å². The molecule has 2 unspecified atom stereocenters. The standard InChI is InChI=1S/C11H16O2/c1-3-9-5-4-6-10(7-9)11(13)8(2)12/h4-8,11-13H,3H2,1-2H3. The van der Waals surface area contributed by atoms with Crippen molar-refractivity contribution in [3.63, 3.8) is 0 Å². The molecule has 1 aromatic carbocycles. The molecule has 0 aromatic heterocycles. The van der Waals surface area contributed by atoms with Crippen LogP contribution in [0.1, 0.15) is 31.1 Å². The lowest BCUT2D eigenvalue weighted by Crippen LogP contribution is -2.13. The van der Waals surface area contributed by atoms with Gasteiger partial charge in [0.05, 0.1) is 6.10 Å². The highest BCUT2D eigenvalue weighted by Gasteiger charge is 2.12. The molecule has 1 aromatic rings. The van der Waals surface area contributed by atoms with Crippen LogP contribution in [0.15, 0.2) is 24.3 Å². The van der Waals surface area contributed by atoms with Crippen LogP contribution in [0.2, 0.25) is 0 Å². The molecule has 13 heavy (non-hydrogen) atoms. The summed E-state index contributed by atoms with van der Waals surface area (Å²) in [6, 6.07) is 7.67. The summed E-state index contributed by atoms with van der Waals surface area (Å²) in [4.78, 5) is 0. The molecule has 0 saturated carbocycles. The second kappa shape index (κ2) is 4.40. The summed E-state index contributed by atoms with van der Waals surface area (Å²) >= 11 is 0. The zero-order valence-corrected chi connectivity index (χ0v) is 8.07. The van der Waals surface area contributed by atoms with Crippen molar-refractivity contribution in [2.75, 3.05) is 0 Å². The minimum Gasteiger partial charge on any atom is -0.390 e. The van der Waals surface area contributed by atoms with Gasteiger partial charge < -0.3 is 10.2 Å². The van der Waals surface area contributed by atoms with Gasteiger partial charge in [-0.15, -0.1) is 0 Å². The maximum Gasteiger partial charge on any atom is 0.105 e. The number of aryl methyl sites for hydroxylation is 1. The van der Waals surface area contributed by atoms with Crippen LogP contribution in [-0.2, 0) is 6.42 Å². The first-order chi connectivity index (χ1) is 6.15. The minimum atomic E-state index is -0.772. The highest BCUT2D eigenvalue weighted by Crippen LogP contribution is 2.17. The smallest absolute Gasteiger partial charge is 0.105 e. The molecule has 0 aliphatic carbocycles. The summed E-state index contributed by atoms with van der Waals surface area (Å²) in [7, 11) is 0. The third kappa shape index (κ3) is 2.54. The predicted octanol–water partition coefficient (Wildman–Crippen LogP) is 1.66. The number of aliphatic hydroxyl groups excluding tert-OH is 2. The molecule has 0 spiro atoms. The molecular formula is C11H16O2. The average Bonchev–Trinajstić information content (AvgIpc) is 2.16. The molecule has 2 N–H and O–H groups in total. The highest BCUT2D eigenvalue weighted by atomic mass is 16.3. The number of benzene rings is 1. The zero-order valence-electron chi connectivity index (χ0n) is 8.07. The van der Waals surface area contributed by atoms with Gasteiger partial charge in [0.1, 0.15) is 6.10 Å². The Bertz CT molecular complexity index is 269. The largest absolute Gasteiger partial charge is 0.390 e. The molecule has 0 aliphatic rings. The van der Waals surface area contributed by atoms with Gasteiger partial charge >= 0.3 is 0 Å². The van der Waals surface area contributed by atoms with E-state index in [2.05, 4.69) is 6.92 Å². The second-order valence-corrected chi connectivity index (χ2v) is 3.28. The molecule has 1 rings (SSSR count). The predicted molar refractivity (Wildman–Crippen MR) is 52.5 cm³/mol. The van der Waals surface area contributed by atoms with Crippen LogP contribution in [0.25, 0.3) is 0 Å². The van der Waals surface area contributed by atoms with Gasteiger partial charge in [-0.1, -0.05) is 31.2 Å². The molecule has 0 radical (unpaired) electrons. The summed E-state index contributed by atoms with van der Waals surface area (Å²) in [5.41, 5.74) is 1.96. The van der Waals surface area contributed by atoms with Crippen molar-refractivity contribution >= 4 is 0 Å². The molecular weight excluding hydrogens is 164 g/mol. The topological polar surface area (TPSA) is 40.5 Å². The maximum absolute atomic E-state index is 9.57. The van der Waals surface area contributed by atoms with Gasteiger partial charge in [-0.25, -0.2) is 0 Å². The summed E-state index contributed by atoms with van der Waals surface area (Å²) in [5, 5.41) is 18.8. The normalized spacial score (nSPS) is 15.4. The summed E-state index contributed by atoms with van der Waals surface area (Å²) in [6.07, 6.45) is -0.543. The Kier molecular flexibility index (Phi) is 3.46. The van der Waals surface area contributed by atoms with Crippen molar-refractivity contribution in [2.24, 2.45) is 0 Å². The number of aliphatic hydroxyl groups is 2. The van der Waals surface area contributed by atoms with Crippen molar-refractivity contribution in [1.82, 2.24) is 0 Å². The Morgan fingerprint density at radius 3 is 2.54 bits per heavy atom. The van der Waals surface area contributed by atoms with Crippen molar-refractivity contribution in [1.29, 1.82) is 0 Å². The van der Waals surface area contributed by atoms with Gasteiger partial charge in [0.2, 0.25) is 0 Å². The molecule has 2 heteroatoms. The first-order valence-electron chi connectivity index (χ1n) is 4.60. The van der Waals surface area contributed by atoms with Crippen molar-refractivity contribution in [3.8, 4) is 0 Å². The number of hydrogen-bond acceptors (Lipinski definition) is 2. The lowest BCUT2D eigenvalue weighted by Gasteiger charge is -2.14. The van der Waals surface area contributed by atoms with Crippen molar-refractivity contribution in [3.05, 3.63) is 35.4 Å². The Morgan fingerprint density at radius 2 is 2.00 bits per heavy atom. The number of rotatable bonds is 3. The SMILES string of the molecule is CCc1cccc(C(O)C(C)O)c1. The lowest BCUT2D eigenvalue weighted by molar-refractivity contribution is 0.0305. The van der Waals surface area contributed by atoms with E-state index < -0.39 is 12.2 Å². The van der Waals surface area contributed by atoms with Crippen LogP contribution >= 0.6 is 0 Å². The van der Waals surface area contributed by atoms with E-state index in [1.807, 2.05) is 24.3 Å². The van der Waals surface area contributed by atoms with Crippen LogP contribution in [0.4, 0.5) is 0 Å². The third-order valence-electron chi connectivity index (χ3n) is 2.16. The Balaban J connectivity index is 2.88. The fourth-order valence-corrected chi connectivity index (χ4v) is 1.28. The molecule has 0 heterocycles. The second-order valence-electron chi connectivity index (χ2n) is 3.28. The van der Waals surface area contributed by atoms with Crippen LogP contribution in [0, 0.1) is 0 Å². The van der Waals surface area contributed by atoms with E-state index in [1.165, 1.54) is 5.56 Å². The molecule has 0 amide bonds. The van der Waals surface area contributed by atoms with Crippen molar-refractivity contribution in [2.45, 2.75) is 32.5 Å². The Hall–Kier alpha value is -0.860. The van der Waals surface area contributed by atoms with Gasteiger partial charge in [0.25, 0.3) is 0 Å². The van der Waals surface area contributed by atoms with Gasteiger partial charge in [-0.05, 0) is 24.5 Å². The Morgan fingerprint density at radius 1 is 1.31 bits per heavy atom. The molecule has 2 atom stereocenters. The molecule has 0 saturated heterocycles. The van der Waals surface area contributed by atoms with Crippen LogP contribution < -0.4 is 0 Å². The molecule has 2 nitrogen and oxygen atoms in total. The third-order valence-corrected chi connectivity index (χ3v) is 2.16. The number of hydrogen-bond donors (Lipinski definition) is 2. The minimum absolute atomic E-state index is 0.716. The summed E-state index contributed by atoms with van der Waals surface area (Å²) in [5.74, 6) is 0. The molecule has 0 fully saturated rings. The monoisotopic (exact) mass is 180 g/mol. The van der Waals surface area contributed by atoms with Crippen LogP contribution in [0.5, 0.6) is 0 Å². The van der Waals surface area contributed by atoms with Crippen LogP contribution in [0.3, 0.4) is 0 Å². The maximum atomic E-state index is 9.57. The van der Waals surface area contributed by atoms with E-state index >= 15 is 0 Å². The molecule has 0 bridgehead atoms. The van der Waals surface area contributed by atoms with Crippen molar-refractivity contribution < 1.29 is 10.2 Å². The fraction of sp³-hybridized carbons (Fsp3) is 0.455. The quantitative estimate of drug-likeness (QED) is 0.742. The molecule has 72 valence electrons. The van der Waals surface area contributed by atoms with Crippen LogP contribution in [-0.4, -0.2) is 16.3 Å².